The van der Waals surface area contributed by atoms with Gasteiger partial charge in [0.25, 0.3) is 5.91 Å². The van der Waals surface area contributed by atoms with Gasteiger partial charge in [-0.2, -0.15) is 0 Å². The minimum absolute atomic E-state index is 0.0720. The molecule has 0 unspecified atom stereocenters. The van der Waals surface area contributed by atoms with Gasteiger partial charge in [-0.05, 0) is 48.9 Å². The number of rotatable bonds is 3. The van der Waals surface area contributed by atoms with E-state index in [1.54, 1.807) is 12.1 Å². The zero-order chi connectivity index (χ0) is 18.8. The van der Waals surface area contributed by atoms with Gasteiger partial charge in [0.1, 0.15) is 5.76 Å². The van der Waals surface area contributed by atoms with Crippen LogP contribution >= 0.6 is 11.6 Å². The molecule has 1 amide bonds. The molecule has 0 saturated carbocycles. The summed E-state index contributed by atoms with van der Waals surface area (Å²) in [5.41, 5.74) is 3.25. The lowest BCUT2D eigenvalue weighted by Gasteiger charge is -2.35. The van der Waals surface area contributed by atoms with Gasteiger partial charge in [0, 0.05) is 37.4 Å². The van der Waals surface area contributed by atoms with Gasteiger partial charge in [-0.25, -0.2) is 0 Å². The molecule has 0 radical (unpaired) electrons. The van der Waals surface area contributed by atoms with E-state index in [1.165, 1.54) is 11.3 Å². The summed E-state index contributed by atoms with van der Waals surface area (Å²) in [6.45, 7) is 5.07. The molecule has 4 rings (SSSR count). The summed E-state index contributed by atoms with van der Waals surface area (Å²) in [6, 6.07) is 19.5. The first-order chi connectivity index (χ1) is 13.1. The normalized spacial score (nSPS) is 14.4. The molecule has 1 aromatic heterocycles. The average molecular weight is 381 g/mol. The molecule has 2 aromatic carbocycles. The molecule has 1 aliphatic rings. The van der Waals surface area contributed by atoms with Gasteiger partial charge in [0.05, 0.1) is 5.02 Å². The monoisotopic (exact) mass is 380 g/mol. The number of hydrogen-bond donors (Lipinski definition) is 0. The van der Waals surface area contributed by atoms with Crippen molar-refractivity contribution in [2.75, 3.05) is 31.1 Å². The van der Waals surface area contributed by atoms with Gasteiger partial charge in [0.15, 0.2) is 5.76 Å². The molecule has 3 aromatic rings. The standard InChI is InChI=1S/C22H21ClN2O2/c1-16-5-4-6-17(15-16)24-11-13-25(14-12-24)22(26)21-10-9-20(27-21)18-7-2-3-8-19(18)23/h2-10,15H,11-14H2,1H3. The second-order valence-corrected chi connectivity index (χ2v) is 7.17. The molecule has 1 aliphatic heterocycles. The maximum atomic E-state index is 12.8. The van der Waals surface area contributed by atoms with Crippen LogP contribution in [0, 0.1) is 6.92 Å². The van der Waals surface area contributed by atoms with Crippen LogP contribution in [0.15, 0.2) is 65.1 Å². The third-order valence-electron chi connectivity index (χ3n) is 4.89. The van der Waals surface area contributed by atoms with Gasteiger partial charge in [-0.15, -0.1) is 0 Å². The van der Waals surface area contributed by atoms with Crippen molar-refractivity contribution < 1.29 is 9.21 Å². The van der Waals surface area contributed by atoms with Gasteiger partial charge in [0.2, 0.25) is 0 Å². The number of nitrogens with zero attached hydrogens (tertiary/aromatic N) is 2. The van der Waals surface area contributed by atoms with Crippen LogP contribution in [0.4, 0.5) is 5.69 Å². The van der Waals surface area contributed by atoms with Crippen molar-refractivity contribution in [1.29, 1.82) is 0 Å². The van der Waals surface area contributed by atoms with E-state index in [-0.39, 0.29) is 5.91 Å². The molecule has 0 bridgehead atoms. The zero-order valence-corrected chi connectivity index (χ0v) is 15.9. The van der Waals surface area contributed by atoms with Crippen LogP contribution in [0.25, 0.3) is 11.3 Å². The maximum Gasteiger partial charge on any atom is 0.289 e. The van der Waals surface area contributed by atoms with Gasteiger partial charge in [-0.3, -0.25) is 4.79 Å². The molecule has 138 valence electrons. The van der Waals surface area contributed by atoms with Crippen molar-refractivity contribution in [2.24, 2.45) is 0 Å². The molecule has 0 atom stereocenters. The van der Waals surface area contributed by atoms with E-state index < -0.39 is 0 Å². The van der Waals surface area contributed by atoms with Crippen molar-refractivity contribution in [1.82, 2.24) is 4.90 Å². The summed E-state index contributed by atoms with van der Waals surface area (Å²) in [7, 11) is 0. The van der Waals surface area contributed by atoms with Crippen LogP contribution in [-0.2, 0) is 0 Å². The highest BCUT2D eigenvalue weighted by Crippen LogP contribution is 2.29. The second kappa shape index (κ2) is 7.49. The molecule has 27 heavy (non-hydrogen) atoms. The third-order valence-corrected chi connectivity index (χ3v) is 5.22. The predicted octanol–water partition coefficient (Wildman–Crippen LogP) is 4.87. The van der Waals surface area contributed by atoms with Gasteiger partial charge in [-0.1, -0.05) is 35.9 Å². The Bertz CT molecular complexity index is 958. The van der Waals surface area contributed by atoms with E-state index >= 15 is 0 Å². The summed E-state index contributed by atoms with van der Waals surface area (Å²) in [6.07, 6.45) is 0. The Labute approximate surface area is 164 Å². The number of piperazine rings is 1. The Hall–Kier alpha value is -2.72. The lowest BCUT2D eigenvalue weighted by atomic mass is 10.2. The van der Waals surface area contributed by atoms with Gasteiger partial charge < -0.3 is 14.2 Å². The van der Waals surface area contributed by atoms with Crippen LogP contribution in [-0.4, -0.2) is 37.0 Å². The number of hydrogen-bond acceptors (Lipinski definition) is 3. The fourth-order valence-corrected chi connectivity index (χ4v) is 3.64. The van der Waals surface area contributed by atoms with E-state index in [1.807, 2.05) is 29.2 Å². The lowest BCUT2D eigenvalue weighted by molar-refractivity contribution is 0.0715. The highest BCUT2D eigenvalue weighted by Gasteiger charge is 2.24. The van der Waals surface area contributed by atoms with Crippen molar-refractivity contribution in [3.8, 4) is 11.3 Å². The first kappa shape index (κ1) is 17.7. The summed E-state index contributed by atoms with van der Waals surface area (Å²) >= 11 is 6.22. The Morgan fingerprint density at radius 1 is 0.963 bits per heavy atom. The Kier molecular flexibility index (Phi) is 4.90. The quantitative estimate of drug-likeness (QED) is 0.650. The van der Waals surface area contributed by atoms with Crippen molar-refractivity contribution in [3.63, 3.8) is 0 Å². The molecular weight excluding hydrogens is 360 g/mol. The van der Waals surface area contributed by atoms with Crippen LogP contribution in [0.2, 0.25) is 5.02 Å². The molecule has 1 fully saturated rings. The fourth-order valence-electron chi connectivity index (χ4n) is 3.41. The molecule has 4 nitrogen and oxygen atoms in total. The Morgan fingerprint density at radius 2 is 1.74 bits per heavy atom. The molecule has 0 spiro atoms. The molecular formula is C22H21ClN2O2. The van der Waals surface area contributed by atoms with Crippen molar-refractivity contribution >= 4 is 23.2 Å². The predicted molar refractivity (Wildman–Crippen MR) is 108 cm³/mol. The summed E-state index contributed by atoms with van der Waals surface area (Å²) < 4.78 is 5.80. The van der Waals surface area contributed by atoms with Crippen molar-refractivity contribution in [3.05, 3.63) is 77.0 Å². The minimum Gasteiger partial charge on any atom is -0.451 e. The Morgan fingerprint density at radius 3 is 2.48 bits per heavy atom. The van der Waals surface area contributed by atoms with Crippen LogP contribution in [0.1, 0.15) is 16.1 Å². The largest absolute Gasteiger partial charge is 0.451 e. The summed E-state index contributed by atoms with van der Waals surface area (Å²) in [5.74, 6) is 0.897. The van der Waals surface area contributed by atoms with E-state index in [0.29, 0.717) is 29.6 Å². The number of amides is 1. The van der Waals surface area contributed by atoms with Crippen LogP contribution < -0.4 is 4.90 Å². The van der Waals surface area contributed by atoms with E-state index in [0.717, 1.165) is 18.7 Å². The Balaban J connectivity index is 1.43. The molecule has 5 heteroatoms. The SMILES string of the molecule is Cc1cccc(N2CCN(C(=O)c3ccc(-c4ccccc4Cl)o3)CC2)c1. The fraction of sp³-hybridized carbons (Fsp3) is 0.227. The summed E-state index contributed by atoms with van der Waals surface area (Å²) in [5, 5.41) is 0.609. The van der Waals surface area contributed by atoms with Crippen LogP contribution in [0.5, 0.6) is 0 Å². The number of benzene rings is 2. The van der Waals surface area contributed by atoms with Crippen molar-refractivity contribution in [2.45, 2.75) is 6.92 Å². The molecule has 1 saturated heterocycles. The number of carbonyl (C=O) groups is 1. The number of furan rings is 1. The number of aryl methyl sites for hydroxylation is 1. The van der Waals surface area contributed by atoms with E-state index in [2.05, 4.69) is 36.1 Å². The molecule has 0 N–H and O–H groups in total. The number of anilines is 1. The third kappa shape index (κ3) is 3.71. The molecule has 0 aliphatic carbocycles. The zero-order valence-electron chi connectivity index (χ0n) is 15.2. The van der Waals surface area contributed by atoms with Crippen LogP contribution in [0.3, 0.4) is 0 Å². The van der Waals surface area contributed by atoms with E-state index in [4.69, 9.17) is 16.0 Å². The first-order valence-electron chi connectivity index (χ1n) is 9.07. The smallest absolute Gasteiger partial charge is 0.289 e. The minimum atomic E-state index is -0.0720. The highest BCUT2D eigenvalue weighted by molar-refractivity contribution is 6.33. The maximum absolute atomic E-state index is 12.8. The second-order valence-electron chi connectivity index (χ2n) is 6.76. The summed E-state index contributed by atoms with van der Waals surface area (Å²) in [4.78, 5) is 17.0. The average Bonchev–Trinajstić information content (AvgIpc) is 3.18. The lowest BCUT2D eigenvalue weighted by Crippen LogP contribution is -2.48. The number of halogens is 1. The topological polar surface area (TPSA) is 36.7 Å². The molecule has 2 heterocycles. The van der Waals surface area contributed by atoms with E-state index in [9.17, 15) is 4.79 Å². The first-order valence-corrected chi connectivity index (χ1v) is 9.45. The van der Waals surface area contributed by atoms with Gasteiger partial charge >= 0.3 is 0 Å². The highest BCUT2D eigenvalue weighted by atomic mass is 35.5. The number of carbonyl (C=O) groups excluding carboxylic acids is 1.